The highest BCUT2D eigenvalue weighted by Gasteiger charge is 2.28. The van der Waals surface area contributed by atoms with Gasteiger partial charge >= 0.3 is 0 Å². The van der Waals surface area contributed by atoms with Crippen LogP contribution in [0.1, 0.15) is 0 Å². The topological polar surface area (TPSA) is 97.1 Å². The van der Waals surface area contributed by atoms with Crippen molar-refractivity contribution in [3.05, 3.63) is 352 Å². The fourth-order valence-corrected chi connectivity index (χ4v) is 15.6. The van der Waals surface area contributed by atoms with Crippen LogP contribution in [-0.2, 0) is 0 Å². The van der Waals surface area contributed by atoms with Gasteiger partial charge in [-0.15, -0.1) is 0 Å². The van der Waals surface area contributed by atoms with E-state index in [2.05, 4.69) is 285 Å². The summed E-state index contributed by atoms with van der Waals surface area (Å²) in [5, 5.41) is 14.4. The van der Waals surface area contributed by atoms with Gasteiger partial charge < -0.3 is 13.7 Å². The molecule has 476 valence electrons. The third kappa shape index (κ3) is 9.34. The second-order valence-electron chi connectivity index (χ2n) is 25.7. The van der Waals surface area contributed by atoms with E-state index in [0.29, 0.717) is 23.4 Å². The summed E-state index contributed by atoms with van der Waals surface area (Å²) in [6.45, 7) is 0. The Morgan fingerprint density at radius 3 is 0.833 bits per heavy atom. The Bertz CT molecular complexity index is 6730. The second kappa shape index (κ2) is 23.9. The van der Waals surface area contributed by atoms with E-state index in [0.717, 1.165) is 83.7 Å². The molecule has 0 atom stereocenters. The zero-order valence-electron chi connectivity index (χ0n) is 55.0. The van der Waals surface area contributed by atoms with Crippen molar-refractivity contribution in [1.29, 1.82) is 0 Å². The summed E-state index contributed by atoms with van der Waals surface area (Å²) in [4.78, 5) is 30.5. The molecule has 0 unspecified atom stereocenters. The average Bonchev–Trinajstić information content (AvgIpc) is 1.57. The van der Waals surface area contributed by atoms with Gasteiger partial charge in [0.15, 0.2) is 17.5 Å². The first kappa shape index (κ1) is 58.2. The van der Waals surface area contributed by atoms with Gasteiger partial charge in [-0.1, -0.05) is 279 Å². The lowest BCUT2D eigenvalue weighted by molar-refractivity contribution is 0.998. The molecule has 0 saturated heterocycles. The van der Waals surface area contributed by atoms with Gasteiger partial charge in [-0.25, -0.2) is 24.9 Å². The van der Waals surface area contributed by atoms with Crippen molar-refractivity contribution < 1.29 is 0 Å². The van der Waals surface area contributed by atoms with Crippen molar-refractivity contribution in [1.82, 2.24) is 48.2 Å². The first-order chi connectivity index (χ1) is 50.7. The van der Waals surface area contributed by atoms with E-state index in [1.165, 1.54) is 81.3 Å². The van der Waals surface area contributed by atoms with Gasteiger partial charge in [-0.3, -0.25) is 9.55 Å². The van der Waals surface area contributed by atoms with Gasteiger partial charge in [0.05, 0.1) is 67.4 Å². The van der Waals surface area contributed by atoms with Crippen LogP contribution in [0.15, 0.2) is 352 Å². The summed E-state index contributed by atoms with van der Waals surface area (Å²) >= 11 is 0. The highest BCUT2D eigenvalue weighted by atomic mass is 15.2. The Hall–Kier alpha value is -14.0. The molecule has 0 aliphatic heterocycles. The van der Waals surface area contributed by atoms with Crippen LogP contribution >= 0.6 is 0 Å². The monoisotopic (exact) mass is 1300 g/mol. The van der Waals surface area contributed by atoms with Crippen LogP contribution in [0.25, 0.3) is 188 Å². The van der Waals surface area contributed by atoms with E-state index in [-0.39, 0.29) is 0 Å². The Morgan fingerprint density at radius 2 is 0.471 bits per heavy atom. The molecule has 14 aromatic carbocycles. The van der Waals surface area contributed by atoms with Crippen LogP contribution in [0.4, 0.5) is 0 Å². The lowest BCUT2D eigenvalue weighted by Gasteiger charge is -2.14. The number of fused-ring (bicyclic) bond motifs is 20. The van der Waals surface area contributed by atoms with Crippen molar-refractivity contribution >= 4 is 109 Å². The molecule has 21 rings (SSSR count). The standard InChI is InChI=1S/C48H30N6.C44H28N4/c1-4-16-31(17-5-1)46-50-47(32-18-6-2-7-19-32)52-48(51-46)33-28-35(30-49-29-33)54-41-27-15-13-25-39(41)43-42-38-24-12-14-26-40(38)53(34-20-8-3-9-21-34)44(42)36-22-10-11-23-37(36)45(43)54;1-4-16-29(17-5-1)36-28-37(30-18-6-2-7-19-30)46-44(45-36)48-39-27-15-13-25-35(39)41-40-34-24-12-14-26-38(34)47(31-20-8-3-9-21-31)42(40)32-22-10-11-23-33(32)43(41)48/h1-30H;1-28H. The number of nitrogens with zero attached hydrogens (tertiary/aromatic N) is 10. The normalized spacial score (nSPS) is 11.7. The van der Waals surface area contributed by atoms with E-state index < -0.39 is 0 Å². The van der Waals surface area contributed by atoms with Crippen molar-refractivity contribution in [2.24, 2.45) is 0 Å². The Morgan fingerprint density at radius 1 is 0.196 bits per heavy atom. The minimum Gasteiger partial charge on any atom is -0.309 e. The number of para-hydroxylation sites is 6. The van der Waals surface area contributed by atoms with Crippen molar-refractivity contribution in [3.63, 3.8) is 0 Å². The summed E-state index contributed by atoms with van der Waals surface area (Å²) < 4.78 is 9.52. The van der Waals surface area contributed by atoms with Crippen molar-refractivity contribution in [2.45, 2.75) is 0 Å². The van der Waals surface area contributed by atoms with E-state index in [9.17, 15) is 0 Å². The molecule has 0 N–H and O–H groups in total. The highest BCUT2D eigenvalue weighted by Crippen LogP contribution is 2.49. The molecule has 10 nitrogen and oxygen atoms in total. The molecular weight excluding hydrogens is 1250 g/mol. The molecule has 102 heavy (non-hydrogen) atoms. The average molecular weight is 1300 g/mol. The lowest BCUT2D eigenvalue weighted by Crippen LogP contribution is -2.04. The largest absolute Gasteiger partial charge is 0.309 e. The Balaban J connectivity index is 0.000000138. The van der Waals surface area contributed by atoms with Crippen LogP contribution in [0.5, 0.6) is 0 Å². The van der Waals surface area contributed by atoms with Crippen LogP contribution in [0.2, 0.25) is 0 Å². The molecule has 0 fully saturated rings. The van der Waals surface area contributed by atoms with Gasteiger partial charge in [-0.05, 0) is 60.7 Å². The molecule has 0 spiro atoms. The van der Waals surface area contributed by atoms with Crippen molar-refractivity contribution in [3.8, 4) is 79.7 Å². The maximum absolute atomic E-state index is 5.32. The van der Waals surface area contributed by atoms with E-state index >= 15 is 0 Å². The molecule has 7 aromatic heterocycles. The minimum absolute atomic E-state index is 0.566. The molecule has 0 saturated carbocycles. The van der Waals surface area contributed by atoms with Crippen LogP contribution in [-0.4, -0.2) is 48.2 Å². The maximum atomic E-state index is 5.32. The minimum atomic E-state index is 0.566. The van der Waals surface area contributed by atoms with Gasteiger partial charge in [0.1, 0.15) is 0 Å². The van der Waals surface area contributed by atoms with Crippen molar-refractivity contribution in [2.75, 3.05) is 0 Å². The third-order valence-electron chi connectivity index (χ3n) is 19.9. The van der Waals surface area contributed by atoms with Gasteiger partial charge in [0.2, 0.25) is 5.95 Å². The number of rotatable bonds is 9. The zero-order chi connectivity index (χ0) is 67.2. The molecule has 0 aliphatic rings. The number of hydrogen-bond acceptors (Lipinski definition) is 6. The van der Waals surface area contributed by atoms with E-state index in [4.69, 9.17) is 29.9 Å². The first-order valence-corrected chi connectivity index (χ1v) is 34.3. The third-order valence-corrected chi connectivity index (χ3v) is 19.9. The molecule has 10 heteroatoms. The molecule has 0 radical (unpaired) electrons. The summed E-state index contributed by atoms with van der Waals surface area (Å²) in [5.41, 5.74) is 18.9. The number of benzene rings is 14. The zero-order valence-corrected chi connectivity index (χ0v) is 55.0. The summed E-state index contributed by atoms with van der Waals surface area (Å²) in [6.07, 6.45) is 3.79. The van der Waals surface area contributed by atoms with E-state index in [1.807, 2.05) is 85.2 Å². The fraction of sp³-hybridized carbons (Fsp3) is 0. The van der Waals surface area contributed by atoms with E-state index in [1.54, 1.807) is 0 Å². The molecule has 0 bridgehead atoms. The Kier molecular flexibility index (Phi) is 13.7. The number of aromatic nitrogens is 10. The first-order valence-electron chi connectivity index (χ1n) is 34.3. The predicted molar refractivity (Wildman–Crippen MR) is 419 cm³/mol. The quantitative estimate of drug-likeness (QED) is 0.143. The SMILES string of the molecule is c1ccc(-c2cc(-c3ccccc3)nc(-n3c4ccccc4c4c5c6ccccc6n(-c6ccccc6)c5c5ccccc5c43)n2)cc1.c1ccc(-c2nc(-c3ccccc3)nc(-c3cncc(-n4c5ccccc5c5c6c7ccccc7n(-c7ccccc7)c6c6ccccc6c54)c3)n2)cc1. The second-order valence-corrected chi connectivity index (χ2v) is 25.7. The smallest absolute Gasteiger partial charge is 0.235 e. The number of hydrogen-bond donors (Lipinski definition) is 0. The molecular formula is C92H58N10. The van der Waals surface area contributed by atoms with Crippen LogP contribution in [0.3, 0.4) is 0 Å². The summed E-state index contributed by atoms with van der Waals surface area (Å²) in [5.74, 6) is 2.45. The predicted octanol–water partition coefficient (Wildman–Crippen LogP) is 22.8. The summed E-state index contributed by atoms with van der Waals surface area (Å²) in [7, 11) is 0. The van der Waals surface area contributed by atoms with Crippen LogP contribution < -0.4 is 0 Å². The Labute approximate surface area is 585 Å². The van der Waals surface area contributed by atoms with Crippen LogP contribution in [0, 0.1) is 0 Å². The highest BCUT2D eigenvalue weighted by molar-refractivity contribution is 6.39. The van der Waals surface area contributed by atoms with Gasteiger partial charge in [0, 0.05) is 110 Å². The molecule has 21 aromatic rings. The number of pyridine rings is 1. The van der Waals surface area contributed by atoms with Gasteiger partial charge in [-0.2, -0.15) is 0 Å². The van der Waals surface area contributed by atoms with Gasteiger partial charge in [0.25, 0.3) is 0 Å². The molecule has 0 aliphatic carbocycles. The summed E-state index contributed by atoms with van der Waals surface area (Å²) in [6, 6.07) is 119. The maximum Gasteiger partial charge on any atom is 0.235 e. The lowest BCUT2D eigenvalue weighted by atomic mass is 9.99. The fourth-order valence-electron chi connectivity index (χ4n) is 15.6. The molecule has 0 amide bonds. The molecule has 7 heterocycles.